The quantitative estimate of drug-likeness (QED) is 0.792. The van der Waals surface area contributed by atoms with Gasteiger partial charge in [0.15, 0.2) is 6.10 Å². The van der Waals surface area contributed by atoms with Gasteiger partial charge in [0.1, 0.15) is 0 Å². The lowest BCUT2D eigenvalue weighted by Gasteiger charge is -2.15. The molecule has 0 aromatic heterocycles. The van der Waals surface area contributed by atoms with E-state index in [2.05, 4.69) is 5.32 Å². The van der Waals surface area contributed by atoms with Crippen LogP contribution < -0.4 is 5.32 Å². The van der Waals surface area contributed by atoms with Crippen molar-refractivity contribution in [2.45, 2.75) is 26.9 Å². The van der Waals surface area contributed by atoms with E-state index in [1.165, 1.54) is 13.0 Å². The van der Waals surface area contributed by atoms with Crippen LogP contribution in [-0.4, -0.2) is 18.0 Å². The molecule has 0 aliphatic rings. The third-order valence-electron chi connectivity index (χ3n) is 3.30. The van der Waals surface area contributed by atoms with Crippen molar-refractivity contribution in [1.29, 1.82) is 0 Å². The molecule has 0 saturated heterocycles. The number of hydrogen-bond donors (Lipinski definition) is 1. The van der Waals surface area contributed by atoms with Crippen molar-refractivity contribution in [3.63, 3.8) is 0 Å². The van der Waals surface area contributed by atoms with Crippen molar-refractivity contribution in [2.75, 3.05) is 5.32 Å². The highest BCUT2D eigenvalue weighted by atomic mass is 35.5. The van der Waals surface area contributed by atoms with E-state index >= 15 is 0 Å². The van der Waals surface area contributed by atoms with Crippen molar-refractivity contribution in [1.82, 2.24) is 0 Å². The Morgan fingerprint density at radius 2 is 1.67 bits per heavy atom. The SMILES string of the molecule is Cc1cc(C)cc(C(=O)O[C@@H](C)C(=O)Nc2ccc(Cl)cc2Cl)c1. The maximum absolute atomic E-state index is 12.2. The number of rotatable bonds is 4. The Labute approximate surface area is 150 Å². The summed E-state index contributed by atoms with van der Waals surface area (Å²) in [6.45, 7) is 5.28. The summed E-state index contributed by atoms with van der Waals surface area (Å²) in [5.74, 6) is -1.02. The summed E-state index contributed by atoms with van der Waals surface area (Å²) < 4.78 is 5.22. The monoisotopic (exact) mass is 365 g/mol. The van der Waals surface area contributed by atoms with Crippen molar-refractivity contribution in [3.8, 4) is 0 Å². The Bertz CT molecular complexity index is 770. The van der Waals surface area contributed by atoms with E-state index in [1.807, 2.05) is 19.9 Å². The van der Waals surface area contributed by atoms with E-state index in [9.17, 15) is 9.59 Å². The van der Waals surface area contributed by atoms with Crippen molar-refractivity contribution in [3.05, 3.63) is 63.1 Å². The molecule has 2 rings (SSSR count). The standard InChI is InChI=1S/C18H17Cl2NO3/c1-10-6-11(2)8-13(7-10)18(23)24-12(3)17(22)21-16-5-4-14(19)9-15(16)20/h4-9,12H,1-3H3,(H,21,22)/t12-/m0/s1. The van der Waals surface area contributed by atoms with Gasteiger partial charge < -0.3 is 10.1 Å². The molecule has 0 heterocycles. The van der Waals surface area contributed by atoms with Crippen LogP contribution in [0, 0.1) is 13.8 Å². The van der Waals surface area contributed by atoms with E-state index in [0.29, 0.717) is 21.3 Å². The highest BCUT2D eigenvalue weighted by Crippen LogP contribution is 2.25. The smallest absolute Gasteiger partial charge is 0.338 e. The van der Waals surface area contributed by atoms with E-state index < -0.39 is 18.0 Å². The summed E-state index contributed by atoms with van der Waals surface area (Å²) in [6, 6.07) is 10.1. The molecule has 0 fully saturated rings. The molecule has 0 aliphatic heterocycles. The molecule has 0 aliphatic carbocycles. The van der Waals surface area contributed by atoms with Gasteiger partial charge in [-0.25, -0.2) is 4.79 Å². The molecule has 126 valence electrons. The Kier molecular flexibility index (Phi) is 5.86. The van der Waals surface area contributed by atoms with Gasteiger partial charge in [-0.3, -0.25) is 4.79 Å². The van der Waals surface area contributed by atoms with Gasteiger partial charge in [0.2, 0.25) is 0 Å². The highest BCUT2D eigenvalue weighted by Gasteiger charge is 2.20. The number of halogens is 2. The predicted octanol–water partition coefficient (Wildman–Crippen LogP) is 4.79. The van der Waals surface area contributed by atoms with Gasteiger partial charge in [0.05, 0.1) is 16.3 Å². The first kappa shape index (κ1) is 18.3. The van der Waals surface area contributed by atoms with Crippen molar-refractivity contribution in [2.24, 2.45) is 0 Å². The fourth-order valence-corrected chi connectivity index (χ4v) is 2.66. The van der Waals surface area contributed by atoms with Gasteiger partial charge in [-0.15, -0.1) is 0 Å². The largest absolute Gasteiger partial charge is 0.449 e. The minimum atomic E-state index is -0.968. The zero-order valence-corrected chi connectivity index (χ0v) is 15.0. The molecule has 2 aromatic rings. The van der Waals surface area contributed by atoms with Crippen molar-refractivity contribution < 1.29 is 14.3 Å². The number of carbonyl (C=O) groups is 2. The number of amides is 1. The number of aryl methyl sites for hydroxylation is 2. The van der Waals surface area contributed by atoms with E-state index in [4.69, 9.17) is 27.9 Å². The number of carbonyl (C=O) groups excluding carboxylic acids is 2. The third-order valence-corrected chi connectivity index (χ3v) is 3.85. The van der Waals surface area contributed by atoms with Gasteiger partial charge in [-0.05, 0) is 51.1 Å². The molecule has 2 aromatic carbocycles. The Hall–Kier alpha value is -2.04. The molecule has 0 radical (unpaired) electrons. The average molecular weight is 366 g/mol. The van der Waals surface area contributed by atoms with E-state index in [0.717, 1.165) is 11.1 Å². The molecule has 1 N–H and O–H groups in total. The van der Waals surface area contributed by atoms with Gasteiger partial charge in [0.25, 0.3) is 5.91 Å². The number of anilines is 1. The third kappa shape index (κ3) is 4.73. The number of hydrogen-bond acceptors (Lipinski definition) is 3. The highest BCUT2D eigenvalue weighted by molar-refractivity contribution is 6.36. The predicted molar refractivity (Wildman–Crippen MR) is 95.9 cm³/mol. The molecule has 0 spiro atoms. The fourth-order valence-electron chi connectivity index (χ4n) is 2.20. The number of esters is 1. The van der Waals surface area contributed by atoms with Crippen LogP contribution in [0.25, 0.3) is 0 Å². The second kappa shape index (κ2) is 7.69. The normalized spacial score (nSPS) is 11.7. The van der Waals surface area contributed by atoms with Gasteiger partial charge in [-0.1, -0.05) is 40.4 Å². The molecule has 24 heavy (non-hydrogen) atoms. The minimum Gasteiger partial charge on any atom is -0.449 e. The lowest BCUT2D eigenvalue weighted by Crippen LogP contribution is -2.30. The van der Waals surface area contributed by atoms with Crippen LogP contribution in [0.1, 0.15) is 28.4 Å². The molecular formula is C18H17Cl2NO3. The van der Waals surface area contributed by atoms with E-state index in [-0.39, 0.29) is 0 Å². The Morgan fingerprint density at radius 1 is 1.04 bits per heavy atom. The van der Waals surface area contributed by atoms with Crippen molar-refractivity contribution >= 4 is 40.8 Å². The zero-order valence-electron chi connectivity index (χ0n) is 13.5. The zero-order chi connectivity index (χ0) is 17.9. The molecule has 6 heteroatoms. The molecule has 0 bridgehead atoms. The summed E-state index contributed by atoms with van der Waals surface area (Å²) >= 11 is 11.8. The summed E-state index contributed by atoms with van der Waals surface area (Å²) in [7, 11) is 0. The first-order valence-corrected chi connectivity index (χ1v) is 8.07. The van der Waals surface area contributed by atoms with Crippen LogP contribution in [0.2, 0.25) is 10.0 Å². The lowest BCUT2D eigenvalue weighted by atomic mass is 10.1. The van der Waals surface area contributed by atoms with Gasteiger partial charge >= 0.3 is 5.97 Å². The average Bonchev–Trinajstić information content (AvgIpc) is 2.48. The molecular weight excluding hydrogens is 349 g/mol. The van der Waals surface area contributed by atoms with Crippen LogP contribution in [-0.2, 0) is 9.53 Å². The lowest BCUT2D eigenvalue weighted by molar-refractivity contribution is -0.123. The van der Waals surface area contributed by atoms with Gasteiger partial charge in [-0.2, -0.15) is 0 Å². The first-order valence-electron chi connectivity index (χ1n) is 7.31. The van der Waals surface area contributed by atoms with Crippen LogP contribution in [0.3, 0.4) is 0 Å². The minimum absolute atomic E-state index is 0.309. The van der Waals surface area contributed by atoms with E-state index in [1.54, 1.807) is 24.3 Å². The summed E-state index contributed by atoms with van der Waals surface area (Å²) in [5.41, 5.74) is 2.72. The van der Waals surface area contributed by atoms with Crippen LogP contribution >= 0.6 is 23.2 Å². The van der Waals surface area contributed by atoms with Crippen LogP contribution in [0.15, 0.2) is 36.4 Å². The number of ether oxygens (including phenoxy) is 1. The number of nitrogens with one attached hydrogen (secondary N) is 1. The molecule has 1 amide bonds. The summed E-state index contributed by atoms with van der Waals surface area (Å²) in [4.78, 5) is 24.4. The van der Waals surface area contributed by atoms with Crippen LogP contribution in [0.4, 0.5) is 5.69 Å². The fraction of sp³-hybridized carbons (Fsp3) is 0.222. The second-order valence-corrected chi connectivity index (χ2v) is 6.38. The Morgan fingerprint density at radius 3 is 2.25 bits per heavy atom. The summed E-state index contributed by atoms with van der Waals surface area (Å²) in [6.07, 6.45) is -0.968. The number of benzene rings is 2. The van der Waals surface area contributed by atoms with Crippen LogP contribution in [0.5, 0.6) is 0 Å². The molecule has 0 unspecified atom stereocenters. The maximum atomic E-state index is 12.2. The topological polar surface area (TPSA) is 55.4 Å². The molecule has 4 nitrogen and oxygen atoms in total. The van der Waals surface area contributed by atoms with Gasteiger partial charge in [0, 0.05) is 5.02 Å². The molecule has 0 saturated carbocycles. The first-order chi connectivity index (χ1) is 11.3. The maximum Gasteiger partial charge on any atom is 0.338 e. The summed E-state index contributed by atoms with van der Waals surface area (Å²) in [5, 5.41) is 3.38. The Balaban J connectivity index is 2.04. The second-order valence-electron chi connectivity index (χ2n) is 5.54. The molecule has 1 atom stereocenters.